The van der Waals surface area contributed by atoms with Gasteiger partial charge in [0.2, 0.25) is 11.7 Å². The van der Waals surface area contributed by atoms with Crippen molar-refractivity contribution in [2.24, 2.45) is 0 Å². The van der Waals surface area contributed by atoms with Crippen molar-refractivity contribution in [1.29, 1.82) is 0 Å². The number of nitrogen functional groups attached to an aromatic ring is 1. The van der Waals surface area contributed by atoms with E-state index >= 15 is 0 Å². The zero-order chi connectivity index (χ0) is 10.1. The molecule has 0 fully saturated rings. The Hall–Kier alpha value is -2.11. The number of hydrogen-bond acceptors (Lipinski definition) is 4. The van der Waals surface area contributed by atoms with Gasteiger partial charge in [0.15, 0.2) is 0 Å². The maximum Gasteiger partial charge on any atom is 0.357 e. The van der Waals surface area contributed by atoms with E-state index < -0.39 is 5.69 Å². The molecule has 0 aromatic carbocycles. The molecule has 0 amide bonds. The fourth-order valence-electron chi connectivity index (χ4n) is 1.25. The van der Waals surface area contributed by atoms with Gasteiger partial charge >= 0.3 is 5.69 Å². The maximum atomic E-state index is 11.3. The van der Waals surface area contributed by atoms with Crippen LogP contribution in [0.5, 0.6) is 0 Å². The molecule has 0 radical (unpaired) electrons. The summed E-state index contributed by atoms with van der Waals surface area (Å²) in [5.74, 6) is 0.460. The third-order valence-corrected chi connectivity index (χ3v) is 1.82. The number of hydrogen-bond donors (Lipinski definition) is 1. The second kappa shape index (κ2) is 2.99. The molecule has 14 heavy (non-hydrogen) atoms. The minimum atomic E-state index is -0.421. The SMILES string of the molecule is C=CCn1ccn2c(=O)nc(N)nc12. The molecule has 0 saturated carbocycles. The number of nitrogens with two attached hydrogens (primary N) is 1. The summed E-state index contributed by atoms with van der Waals surface area (Å²) < 4.78 is 3.09. The predicted octanol–water partition coefficient (Wildman–Crippen LogP) is -0.341. The maximum absolute atomic E-state index is 11.3. The van der Waals surface area contributed by atoms with Gasteiger partial charge in [-0.15, -0.1) is 6.58 Å². The van der Waals surface area contributed by atoms with Crippen LogP contribution in [-0.2, 0) is 6.54 Å². The highest BCUT2D eigenvalue weighted by Gasteiger charge is 2.04. The van der Waals surface area contributed by atoms with Crippen molar-refractivity contribution in [2.75, 3.05) is 5.73 Å². The lowest BCUT2D eigenvalue weighted by atomic mass is 10.6. The van der Waals surface area contributed by atoms with E-state index in [1.54, 1.807) is 23.0 Å². The van der Waals surface area contributed by atoms with Crippen LogP contribution < -0.4 is 11.4 Å². The second-order valence-electron chi connectivity index (χ2n) is 2.77. The molecule has 6 nitrogen and oxygen atoms in total. The zero-order valence-electron chi connectivity index (χ0n) is 7.42. The summed E-state index contributed by atoms with van der Waals surface area (Å²) in [5.41, 5.74) is 4.95. The minimum Gasteiger partial charge on any atom is -0.368 e. The summed E-state index contributed by atoms with van der Waals surface area (Å²) in [6.45, 7) is 4.18. The Morgan fingerprint density at radius 2 is 2.29 bits per heavy atom. The molecule has 6 heteroatoms. The molecule has 0 aliphatic heterocycles. The van der Waals surface area contributed by atoms with Gasteiger partial charge in [0.05, 0.1) is 0 Å². The van der Waals surface area contributed by atoms with Crippen molar-refractivity contribution < 1.29 is 0 Å². The first kappa shape index (κ1) is 8.49. The smallest absolute Gasteiger partial charge is 0.357 e. The average Bonchev–Trinajstić information content (AvgIpc) is 2.49. The van der Waals surface area contributed by atoms with E-state index in [1.807, 2.05) is 0 Å². The van der Waals surface area contributed by atoms with E-state index in [0.29, 0.717) is 12.3 Å². The van der Waals surface area contributed by atoms with Gasteiger partial charge in [-0.3, -0.25) is 0 Å². The number of anilines is 1. The largest absolute Gasteiger partial charge is 0.368 e. The summed E-state index contributed by atoms with van der Waals surface area (Å²) in [6, 6.07) is 0. The predicted molar refractivity (Wildman–Crippen MR) is 51.9 cm³/mol. The van der Waals surface area contributed by atoms with Crippen LogP contribution in [0.25, 0.3) is 5.78 Å². The number of imidazole rings is 1. The summed E-state index contributed by atoms with van der Waals surface area (Å²) in [5, 5.41) is 0. The summed E-state index contributed by atoms with van der Waals surface area (Å²) in [4.78, 5) is 18.8. The number of nitrogens with zero attached hydrogens (tertiary/aromatic N) is 4. The first-order chi connectivity index (χ1) is 6.72. The lowest BCUT2D eigenvalue weighted by Crippen LogP contribution is -2.19. The molecule has 0 saturated heterocycles. The lowest BCUT2D eigenvalue weighted by molar-refractivity contribution is 0.823. The minimum absolute atomic E-state index is 0.0148. The molecule has 2 aromatic rings. The molecule has 0 atom stereocenters. The van der Waals surface area contributed by atoms with Gasteiger partial charge in [-0.05, 0) is 0 Å². The van der Waals surface area contributed by atoms with E-state index in [0.717, 1.165) is 0 Å². The van der Waals surface area contributed by atoms with Gasteiger partial charge in [0.1, 0.15) is 0 Å². The number of aromatic nitrogens is 4. The van der Waals surface area contributed by atoms with Crippen LogP contribution in [0.1, 0.15) is 0 Å². The number of fused-ring (bicyclic) bond motifs is 1. The Bertz CT molecular complexity index is 538. The Labute approximate surface area is 79.3 Å². The average molecular weight is 191 g/mol. The molecule has 0 spiro atoms. The van der Waals surface area contributed by atoms with Crippen LogP contribution >= 0.6 is 0 Å². The van der Waals surface area contributed by atoms with Crippen molar-refractivity contribution in [3.05, 3.63) is 35.5 Å². The highest BCUT2D eigenvalue weighted by Crippen LogP contribution is 2.00. The Morgan fingerprint density at radius 1 is 1.50 bits per heavy atom. The van der Waals surface area contributed by atoms with Crippen molar-refractivity contribution in [1.82, 2.24) is 18.9 Å². The van der Waals surface area contributed by atoms with Crippen LogP contribution in [0.2, 0.25) is 0 Å². The van der Waals surface area contributed by atoms with E-state index in [-0.39, 0.29) is 5.95 Å². The molecular formula is C8H9N5O. The number of rotatable bonds is 2. The van der Waals surface area contributed by atoms with Crippen LogP contribution in [0.3, 0.4) is 0 Å². The topological polar surface area (TPSA) is 78.2 Å². The third-order valence-electron chi connectivity index (χ3n) is 1.82. The molecule has 2 aromatic heterocycles. The van der Waals surface area contributed by atoms with Gasteiger partial charge in [-0.2, -0.15) is 9.97 Å². The molecular weight excluding hydrogens is 182 g/mol. The highest BCUT2D eigenvalue weighted by atomic mass is 16.1. The first-order valence-corrected chi connectivity index (χ1v) is 4.04. The molecule has 0 bridgehead atoms. The van der Waals surface area contributed by atoms with Crippen LogP contribution in [0.4, 0.5) is 5.95 Å². The number of allylic oxidation sites excluding steroid dienone is 1. The van der Waals surface area contributed by atoms with Crippen LogP contribution in [0.15, 0.2) is 29.8 Å². The van der Waals surface area contributed by atoms with E-state index in [9.17, 15) is 4.79 Å². The highest BCUT2D eigenvalue weighted by molar-refractivity contribution is 5.34. The summed E-state index contributed by atoms with van der Waals surface area (Å²) >= 11 is 0. The van der Waals surface area contributed by atoms with Gasteiger partial charge in [-0.25, -0.2) is 9.20 Å². The molecule has 2 heterocycles. The van der Waals surface area contributed by atoms with Crippen molar-refractivity contribution in [2.45, 2.75) is 6.54 Å². The standard InChI is InChI=1S/C8H9N5O/c1-2-3-12-4-5-13-7(12)10-6(9)11-8(13)14/h2,4-5H,1,3H2,(H2,9,11,14). The molecule has 72 valence electrons. The quantitative estimate of drug-likeness (QED) is 0.658. The Morgan fingerprint density at radius 3 is 3.00 bits per heavy atom. The van der Waals surface area contributed by atoms with E-state index in [1.165, 1.54) is 4.40 Å². The van der Waals surface area contributed by atoms with Gasteiger partial charge < -0.3 is 10.3 Å². The van der Waals surface area contributed by atoms with Gasteiger partial charge in [0, 0.05) is 18.9 Å². The van der Waals surface area contributed by atoms with Crippen molar-refractivity contribution in [3.63, 3.8) is 0 Å². The molecule has 2 N–H and O–H groups in total. The Kier molecular flexibility index (Phi) is 1.81. The molecule has 0 aliphatic rings. The first-order valence-electron chi connectivity index (χ1n) is 4.04. The van der Waals surface area contributed by atoms with Crippen molar-refractivity contribution in [3.8, 4) is 0 Å². The zero-order valence-corrected chi connectivity index (χ0v) is 7.42. The van der Waals surface area contributed by atoms with Crippen LogP contribution in [0, 0.1) is 0 Å². The second-order valence-corrected chi connectivity index (χ2v) is 2.77. The fourth-order valence-corrected chi connectivity index (χ4v) is 1.25. The Balaban J connectivity index is 2.78. The van der Waals surface area contributed by atoms with Gasteiger partial charge in [0.25, 0.3) is 0 Å². The van der Waals surface area contributed by atoms with Gasteiger partial charge in [-0.1, -0.05) is 6.08 Å². The normalized spacial score (nSPS) is 10.6. The van der Waals surface area contributed by atoms with E-state index in [4.69, 9.17) is 5.73 Å². The third kappa shape index (κ3) is 1.17. The van der Waals surface area contributed by atoms with Crippen molar-refractivity contribution >= 4 is 11.7 Å². The molecule has 0 unspecified atom stereocenters. The molecule has 0 aliphatic carbocycles. The molecule has 2 rings (SSSR count). The van der Waals surface area contributed by atoms with Crippen LogP contribution in [-0.4, -0.2) is 18.9 Å². The van der Waals surface area contributed by atoms with E-state index in [2.05, 4.69) is 16.5 Å². The fraction of sp³-hybridized carbons (Fsp3) is 0.125. The lowest BCUT2D eigenvalue weighted by Gasteiger charge is -1.99. The monoisotopic (exact) mass is 191 g/mol. The summed E-state index contributed by atoms with van der Waals surface area (Å²) in [6.07, 6.45) is 5.04. The summed E-state index contributed by atoms with van der Waals surface area (Å²) in [7, 11) is 0.